The van der Waals surface area contributed by atoms with Gasteiger partial charge in [-0.2, -0.15) is 0 Å². The fourth-order valence-electron chi connectivity index (χ4n) is 2.27. The van der Waals surface area contributed by atoms with Crippen LogP contribution in [0.5, 0.6) is 0 Å². The third kappa shape index (κ3) is 3.76. The molecule has 0 unspecified atom stereocenters. The first-order chi connectivity index (χ1) is 9.08. The second kappa shape index (κ2) is 6.48. The van der Waals surface area contributed by atoms with Gasteiger partial charge in [-0.25, -0.2) is 4.39 Å². The molecule has 1 aromatic rings. The molecule has 0 saturated carbocycles. The van der Waals surface area contributed by atoms with E-state index in [1.165, 1.54) is 12.1 Å². The minimum atomic E-state index is -0.397. The summed E-state index contributed by atoms with van der Waals surface area (Å²) >= 11 is 3.29. The summed E-state index contributed by atoms with van der Waals surface area (Å²) in [5.74, 6) is -0.0843. The lowest BCUT2D eigenvalue weighted by Gasteiger charge is -2.27. The SMILES string of the molecule is CN(CC1CCOCC1)C(=O)c1cc(F)ccc1Br. The van der Waals surface area contributed by atoms with Crippen LogP contribution in [0.1, 0.15) is 23.2 Å². The van der Waals surface area contributed by atoms with E-state index in [1.54, 1.807) is 18.0 Å². The van der Waals surface area contributed by atoms with E-state index in [0.29, 0.717) is 22.5 Å². The Hall–Kier alpha value is -0.940. The highest BCUT2D eigenvalue weighted by atomic mass is 79.9. The zero-order chi connectivity index (χ0) is 13.8. The molecular weight excluding hydrogens is 313 g/mol. The van der Waals surface area contributed by atoms with E-state index in [-0.39, 0.29) is 5.91 Å². The van der Waals surface area contributed by atoms with Gasteiger partial charge in [-0.05, 0) is 52.9 Å². The molecule has 0 N–H and O–H groups in total. The summed E-state index contributed by atoms with van der Waals surface area (Å²) < 4.78 is 19.1. The Morgan fingerprint density at radius 2 is 2.16 bits per heavy atom. The van der Waals surface area contributed by atoms with Gasteiger partial charge in [0.1, 0.15) is 5.82 Å². The summed E-state index contributed by atoms with van der Waals surface area (Å²) in [7, 11) is 1.76. The lowest BCUT2D eigenvalue weighted by molar-refractivity contribution is 0.0497. The maximum Gasteiger partial charge on any atom is 0.254 e. The molecule has 1 aromatic carbocycles. The predicted octanol–water partition coefficient (Wildman–Crippen LogP) is 3.09. The van der Waals surface area contributed by atoms with Crippen molar-refractivity contribution in [1.82, 2.24) is 4.90 Å². The van der Waals surface area contributed by atoms with Crippen LogP contribution in [0.4, 0.5) is 4.39 Å². The Labute approximate surface area is 120 Å². The molecule has 1 fully saturated rings. The lowest BCUT2D eigenvalue weighted by Crippen LogP contribution is -2.34. The van der Waals surface area contributed by atoms with Crippen molar-refractivity contribution in [2.75, 3.05) is 26.8 Å². The van der Waals surface area contributed by atoms with Crippen molar-refractivity contribution < 1.29 is 13.9 Å². The summed E-state index contributed by atoms with van der Waals surface area (Å²) in [5.41, 5.74) is 0.370. The van der Waals surface area contributed by atoms with Crippen molar-refractivity contribution in [3.8, 4) is 0 Å². The first-order valence-corrected chi connectivity index (χ1v) is 7.15. The van der Waals surface area contributed by atoms with E-state index in [9.17, 15) is 9.18 Å². The van der Waals surface area contributed by atoms with Gasteiger partial charge in [0, 0.05) is 31.3 Å². The number of carbonyl (C=O) groups excluding carboxylic acids is 1. The van der Waals surface area contributed by atoms with Gasteiger partial charge < -0.3 is 9.64 Å². The van der Waals surface area contributed by atoms with Gasteiger partial charge in [0.2, 0.25) is 0 Å². The van der Waals surface area contributed by atoms with Gasteiger partial charge in [-0.1, -0.05) is 0 Å². The maximum absolute atomic E-state index is 13.2. The number of benzene rings is 1. The zero-order valence-corrected chi connectivity index (χ0v) is 12.5. The fraction of sp³-hybridized carbons (Fsp3) is 0.500. The van der Waals surface area contributed by atoms with E-state index in [4.69, 9.17) is 4.74 Å². The molecule has 0 atom stereocenters. The van der Waals surface area contributed by atoms with Crippen LogP contribution in [0.3, 0.4) is 0 Å². The predicted molar refractivity (Wildman–Crippen MR) is 74.6 cm³/mol. The first kappa shape index (κ1) is 14.5. The molecule has 5 heteroatoms. The molecule has 3 nitrogen and oxygen atoms in total. The third-order valence-electron chi connectivity index (χ3n) is 3.38. The highest BCUT2D eigenvalue weighted by Crippen LogP contribution is 2.21. The molecule has 0 aliphatic carbocycles. The summed E-state index contributed by atoms with van der Waals surface area (Å²) in [6.07, 6.45) is 1.95. The Morgan fingerprint density at radius 3 is 2.84 bits per heavy atom. The van der Waals surface area contributed by atoms with Crippen LogP contribution in [0.25, 0.3) is 0 Å². The van der Waals surface area contributed by atoms with Gasteiger partial charge in [-0.3, -0.25) is 4.79 Å². The molecule has 104 valence electrons. The molecule has 1 heterocycles. The van der Waals surface area contributed by atoms with Gasteiger partial charge in [0.05, 0.1) is 5.56 Å². The highest BCUT2D eigenvalue weighted by Gasteiger charge is 2.21. The molecule has 1 aliphatic rings. The van der Waals surface area contributed by atoms with Crippen LogP contribution in [0.15, 0.2) is 22.7 Å². The number of amides is 1. The number of hydrogen-bond donors (Lipinski definition) is 0. The van der Waals surface area contributed by atoms with Crippen LogP contribution in [0, 0.1) is 11.7 Å². The fourth-order valence-corrected chi connectivity index (χ4v) is 2.68. The smallest absolute Gasteiger partial charge is 0.254 e. The number of halogens is 2. The minimum absolute atomic E-state index is 0.155. The zero-order valence-electron chi connectivity index (χ0n) is 10.9. The monoisotopic (exact) mass is 329 g/mol. The van der Waals surface area contributed by atoms with Crippen LogP contribution in [-0.4, -0.2) is 37.6 Å². The first-order valence-electron chi connectivity index (χ1n) is 6.36. The van der Waals surface area contributed by atoms with Gasteiger partial charge in [0.15, 0.2) is 0 Å². The molecule has 0 bridgehead atoms. The van der Waals surface area contributed by atoms with Crippen LogP contribution >= 0.6 is 15.9 Å². The van der Waals surface area contributed by atoms with E-state index in [1.807, 2.05) is 0 Å². The van der Waals surface area contributed by atoms with Crippen LogP contribution in [0.2, 0.25) is 0 Å². The van der Waals surface area contributed by atoms with Crippen molar-refractivity contribution in [2.24, 2.45) is 5.92 Å². The summed E-state index contributed by atoms with van der Waals surface area (Å²) in [6, 6.07) is 4.16. The van der Waals surface area contributed by atoms with E-state index in [2.05, 4.69) is 15.9 Å². The van der Waals surface area contributed by atoms with Crippen molar-refractivity contribution in [1.29, 1.82) is 0 Å². The maximum atomic E-state index is 13.2. The summed E-state index contributed by atoms with van der Waals surface area (Å²) in [4.78, 5) is 14.0. The number of ether oxygens (including phenoxy) is 1. The summed E-state index contributed by atoms with van der Waals surface area (Å²) in [5, 5.41) is 0. The van der Waals surface area contributed by atoms with Crippen molar-refractivity contribution in [3.05, 3.63) is 34.1 Å². The highest BCUT2D eigenvalue weighted by molar-refractivity contribution is 9.10. The summed E-state index contributed by atoms with van der Waals surface area (Å²) in [6.45, 7) is 2.21. The van der Waals surface area contributed by atoms with Crippen LogP contribution < -0.4 is 0 Å². The standard InChI is InChI=1S/C14H17BrFNO2/c1-17(9-10-4-6-19-7-5-10)14(18)12-8-11(16)2-3-13(12)15/h2-3,8,10H,4-7,9H2,1H3. The van der Waals surface area contributed by atoms with Crippen molar-refractivity contribution >= 4 is 21.8 Å². The Balaban J connectivity index is 2.03. The van der Waals surface area contributed by atoms with Crippen molar-refractivity contribution in [2.45, 2.75) is 12.8 Å². The molecule has 0 aromatic heterocycles. The molecule has 0 spiro atoms. The van der Waals surface area contributed by atoms with E-state index < -0.39 is 5.82 Å². The molecule has 0 radical (unpaired) electrons. The second-order valence-corrected chi connectivity index (χ2v) is 5.72. The molecule has 1 aliphatic heterocycles. The Bertz CT molecular complexity index is 461. The third-order valence-corrected chi connectivity index (χ3v) is 4.07. The number of nitrogens with zero attached hydrogens (tertiary/aromatic N) is 1. The average molecular weight is 330 g/mol. The molecule has 2 rings (SSSR count). The molecule has 1 amide bonds. The normalized spacial score (nSPS) is 16.4. The number of carbonyl (C=O) groups is 1. The Morgan fingerprint density at radius 1 is 1.47 bits per heavy atom. The lowest BCUT2D eigenvalue weighted by atomic mass is 9.99. The average Bonchev–Trinajstić information content (AvgIpc) is 2.42. The topological polar surface area (TPSA) is 29.5 Å². The van der Waals surface area contributed by atoms with Crippen molar-refractivity contribution in [3.63, 3.8) is 0 Å². The minimum Gasteiger partial charge on any atom is -0.381 e. The Kier molecular flexibility index (Phi) is 4.93. The van der Waals surface area contributed by atoms with Crippen LogP contribution in [-0.2, 0) is 4.74 Å². The molecule has 19 heavy (non-hydrogen) atoms. The largest absolute Gasteiger partial charge is 0.381 e. The molecular formula is C14H17BrFNO2. The number of hydrogen-bond acceptors (Lipinski definition) is 2. The van der Waals surface area contributed by atoms with E-state index >= 15 is 0 Å². The van der Waals surface area contributed by atoms with Gasteiger partial charge >= 0.3 is 0 Å². The van der Waals surface area contributed by atoms with Gasteiger partial charge in [-0.15, -0.1) is 0 Å². The van der Waals surface area contributed by atoms with Gasteiger partial charge in [0.25, 0.3) is 5.91 Å². The number of rotatable bonds is 3. The quantitative estimate of drug-likeness (QED) is 0.852. The molecule has 1 saturated heterocycles. The second-order valence-electron chi connectivity index (χ2n) is 4.87. The van der Waals surface area contributed by atoms with E-state index in [0.717, 1.165) is 26.1 Å².